The lowest BCUT2D eigenvalue weighted by molar-refractivity contribution is 0.103. The van der Waals surface area contributed by atoms with Gasteiger partial charge in [-0.15, -0.1) is 0 Å². The molecule has 136 valence electrons. The maximum atomic E-state index is 13.2. The Labute approximate surface area is 167 Å². The largest absolute Gasteiger partial charge is 0.438 e. The maximum absolute atomic E-state index is 13.2. The van der Waals surface area contributed by atoms with E-state index in [4.69, 9.17) is 21.4 Å². The molecule has 4 rings (SSSR count). The van der Waals surface area contributed by atoms with E-state index in [0.717, 1.165) is 11.1 Å². The highest BCUT2D eigenvalue weighted by atomic mass is 35.5. The Kier molecular flexibility index (Phi) is 4.92. The highest BCUT2D eigenvalue weighted by molar-refractivity contribution is 6.30. The lowest BCUT2D eigenvalue weighted by atomic mass is 9.94. The fourth-order valence-corrected chi connectivity index (χ4v) is 3.20. The van der Waals surface area contributed by atoms with Crippen LogP contribution in [0, 0.1) is 5.41 Å². The molecule has 4 aromatic rings. The van der Waals surface area contributed by atoms with Crippen LogP contribution in [-0.4, -0.2) is 5.78 Å². The summed E-state index contributed by atoms with van der Waals surface area (Å²) in [6.07, 6.45) is 0. The van der Waals surface area contributed by atoms with E-state index in [1.54, 1.807) is 36.4 Å². The minimum Gasteiger partial charge on any atom is -0.438 e. The smallest absolute Gasteiger partial charge is 0.223 e. The number of benzene rings is 3. The van der Waals surface area contributed by atoms with Gasteiger partial charge in [0, 0.05) is 21.7 Å². The molecule has 4 heteroatoms. The van der Waals surface area contributed by atoms with Crippen molar-refractivity contribution in [1.82, 2.24) is 0 Å². The molecule has 0 aliphatic carbocycles. The Bertz CT molecular complexity index is 1180. The topological polar surface area (TPSA) is 54.1 Å². The van der Waals surface area contributed by atoms with Gasteiger partial charge in [-0.1, -0.05) is 84.4 Å². The molecule has 28 heavy (non-hydrogen) atoms. The summed E-state index contributed by atoms with van der Waals surface area (Å²) in [5.41, 5.74) is 2.85. The predicted octanol–water partition coefficient (Wildman–Crippen LogP) is 5.98. The Morgan fingerprint density at radius 3 is 2.04 bits per heavy atom. The van der Waals surface area contributed by atoms with Gasteiger partial charge in [0.15, 0.2) is 5.78 Å². The van der Waals surface area contributed by atoms with Crippen LogP contribution in [0.25, 0.3) is 22.5 Å². The predicted molar refractivity (Wildman–Crippen MR) is 110 cm³/mol. The average Bonchev–Trinajstić information content (AvgIpc) is 2.74. The molecule has 3 aromatic carbocycles. The summed E-state index contributed by atoms with van der Waals surface area (Å²) in [6.45, 7) is 0. The first-order chi connectivity index (χ1) is 13.6. The Morgan fingerprint density at radius 2 is 1.39 bits per heavy atom. The summed E-state index contributed by atoms with van der Waals surface area (Å²) in [7, 11) is 0. The van der Waals surface area contributed by atoms with Gasteiger partial charge in [0.2, 0.25) is 5.55 Å². The van der Waals surface area contributed by atoms with E-state index in [2.05, 4.69) is 0 Å². The van der Waals surface area contributed by atoms with Crippen molar-refractivity contribution in [2.75, 3.05) is 0 Å². The van der Waals surface area contributed by atoms with Crippen LogP contribution in [0.4, 0.5) is 0 Å². The molecule has 1 heterocycles. The summed E-state index contributed by atoms with van der Waals surface area (Å²) in [5.74, 6) is 0.277. The highest BCUT2D eigenvalue weighted by Crippen LogP contribution is 2.29. The molecule has 0 amide bonds. The van der Waals surface area contributed by atoms with Crippen molar-refractivity contribution in [3.05, 3.63) is 113 Å². The molecule has 0 spiro atoms. The second kappa shape index (κ2) is 7.67. The number of nitrogens with one attached hydrogen (secondary N) is 1. The molecule has 0 radical (unpaired) electrons. The molecule has 0 saturated carbocycles. The van der Waals surface area contributed by atoms with Crippen molar-refractivity contribution in [3.63, 3.8) is 0 Å². The highest BCUT2D eigenvalue weighted by Gasteiger charge is 2.20. The molecule has 1 N–H and O–H groups in total. The number of carbonyl (C=O) groups excluding carboxylic acids is 1. The summed E-state index contributed by atoms with van der Waals surface area (Å²) in [5, 5.41) is 9.07. The van der Waals surface area contributed by atoms with Gasteiger partial charge in [-0.2, -0.15) is 0 Å². The molecule has 0 fully saturated rings. The summed E-state index contributed by atoms with van der Waals surface area (Å²) in [4.78, 5) is 13.2. The van der Waals surface area contributed by atoms with E-state index in [1.165, 1.54) is 0 Å². The van der Waals surface area contributed by atoms with E-state index in [-0.39, 0.29) is 16.9 Å². The van der Waals surface area contributed by atoms with Crippen molar-refractivity contribution in [2.24, 2.45) is 0 Å². The quantitative estimate of drug-likeness (QED) is 0.439. The number of hydrogen-bond donors (Lipinski definition) is 1. The first kappa shape index (κ1) is 18.0. The van der Waals surface area contributed by atoms with Crippen LogP contribution in [0.15, 0.2) is 95.4 Å². The summed E-state index contributed by atoms with van der Waals surface area (Å²) in [6, 6.07) is 27.5. The number of halogens is 1. The molecule has 0 aliphatic heterocycles. The molecule has 3 nitrogen and oxygen atoms in total. The molecule has 0 atom stereocenters. The van der Waals surface area contributed by atoms with Crippen molar-refractivity contribution in [1.29, 1.82) is 5.41 Å². The third-order valence-electron chi connectivity index (χ3n) is 4.46. The SMILES string of the molecule is N=c1oc(-c2ccccc2)cc(-c2ccc(Cl)cc2)c1C(=O)c1ccccc1. The maximum Gasteiger partial charge on any atom is 0.223 e. The number of rotatable bonds is 4. The van der Waals surface area contributed by atoms with Gasteiger partial charge >= 0.3 is 0 Å². The first-order valence-corrected chi connectivity index (χ1v) is 9.15. The van der Waals surface area contributed by atoms with Crippen molar-refractivity contribution in [2.45, 2.75) is 0 Å². The Hall–Kier alpha value is -3.43. The van der Waals surface area contributed by atoms with Crippen molar-refractivity contribution >= 4 is 17.4 Å². The molecular formula is C24H16ClNO2. The monoisotopic (exact) mass is 385 g/mol. The van der Waals surface area contributed by atoms with Crippen LogP contribution in [0.2, 0.25) is 5.02 Å². The fraction of sp³-hybridized carbons (Fsp3) is 0. The standard InChI is InChI=1S/C24H16ClNO2/c25-19-13-11-16(12-14-19)20-15-21(17-7-3-1-4-8-17)28-24(26)22(20)23(27)18-9-5-2-6-10-18/h1-15,26H. The second-order valence-corrected chi connectivity index (χ2v) is 6.73. The van der Waals surface area contributed by atoms with E-state index in [0.29, 0.717) is 21.9 Å². The molecule has 0 aliphatic rings. The van der Waals surface area contributed by atoms with E-state index < -0.39 is 0 Å². The minimum absolute atomic E-state index is 0.167. The molecular weight excluding hydrogens is 370 g/mol. The summed E-state index contributed by atoms with van der Waals surface area (Å²) >= 11 is 6.03. The van der Waals surface area contributed by atoms with Crippen LogP contribution in [0.5, 0.6) is 0 Å². The van der Waals surface area contributed by atoms with Gasteiger partial charge in [0.25, 0.3) is 0 Å². The number of ketones is 1. The average molecular weight is 386 g/mol. The van der Waals surface area contributed by atoms with Crippen LogP contribution in [-0.2, 0) is 0 Å². The van der Waals surface area contributed by atoms with Crippen LogP contribution >= 0.6 is 11.6 Å². The minimum atomic E-state index is -0.251. The summed E-state index contributed by atoms with van der Waals surface area (Å²) < 4.78 is 5.74. The van der Waals surface area contributed by atoms with Crippen LogP contribution < -0.4 is 5.55 Å². The molecule has 0 saturated heterocycles. The fourth-order valence-electron chi connectivity index (χ4n) is 3.08. The van der Waals surface area contributed by atoms with Crippen molar-refractivity contribution in [3.8, 4) is 22.5 Å². The third kappa shape index (κ3) is 3.53. The third-order valence-corrected chi connectivity index (χ3v) is 4.71. The molecule has 1 aromatic heterocycles. The van der Waals surface area contributed by atoms with Crippen LogP contribution in [0.1, 0.15) is 15.9 Å². The molecule has 0 bridgehead atoms. The second-order valence-electron chi connectivity index (χ2n) is 6.30. The van der Waals surface area contributed by atoms with Gasteiger partial charge in [-0.25, -0.2) is 0 Å². The lowest BCUT2D eigenvalue weighted by Crippen LogP contribution is -2.17. The van der Waals surface area contributed by atoms with Gasteiger partial charge in [0.1, 0.15) is 5.76 Å². The van der Waals surface area contributed by atoms with Gasteiger partial charge < -0.3 is 4.42 Å². The Morgan fingerprint density at radius 1 is 0.786 bits per heavy atom. The van der Waals surface area contributed by atoms with E-state index in [1.807, 2.05) is 54.6 Å². The Balaban J connectivity index is 1.96. The zero-order valence-corrected chi connectivity index (χ0v) is 15.6. The van der Waals surface area contributed by atoms with Gasteiger partial charge in [0.05, 0.1) is 5.56 Å². The number of carbonyl (C=O) groups is 1. The van der Waals surface area contributed by atoms with Gasteiger partial charge in [-0.05, 0) is 23.8 Å². The number of hydrogen-bond acceptors (Lipinski definition) is 3. The van der Waals surface area contributed by atoms with Crippen LogP contribution in [0.3, 0.4) is 0 Å². The zero-order valence-electron chi connectivity index (χ0n) is 14.9. The first-order valence-electron chi connectivity index (χ1n) is 8.77. The lowest BCUT2D eigenvalue weighted by Gasteiger charge is -2.12. The zero-order chi connectivity index (χ0) is 19.5. The van der Waals surface area contributed by atoms with Gasteiger partial charge in [-0.3, -0.25) is 10.2 Å². The normalized spacial score (nSPS) is 10.6. The van der Waals surface area contributed by atoms with E-state index in [9.17, 15) is 4.79 Å². The molecule has 0 unspecified atom stereocenters. The van der Waals surface area contributed by atoms with Crippen molar-refractivity contribution < 1.29 is 9.21 Å². The van der Waals surface area contributed by atoms with E-state index >= 15 is 0 Å².